The predicted octanol–water partition coefficient (Wildman–Crippen LogP) is 2.42. The van der Waals surface area contributed by atoms with Gasteiger partial charge >= 0.3 is 20.1 Å². The van der Waals surface area contributed by atoms with Crippen LogP contribution in [-0.4, -0.2) is 17.2 Å². The van der Waals surface area contributed by atoms with Crippen LogP contribution < -0.4 is 0 Å². The topological polar surface area (TPSA) is 55.8 Å². The molecule has 1 atom stereocenters. The SMILES string of the molecule is C=COP(=O)(O)OC(F)(F)C(F)(F)F. The van der Waals surface area contributed by atoms with Crippen molar-refractivity contribution >= 4 is 7.82 Å². The number of hydrogen-bond acceptors (Lipinski definition) is 3. The van der Waals surface area contributed by atoms with E-state index in [-0.39, 0.29) is 6.26 Å². The minimum atomic E-state index is -6.10. The van der Waals surface area contributed by atoms with Crippen molar-refractivity contribution in [1.82, 2.24) is 0 Å². The molecule has 0 aromatic rings. The Morgan fingerprint density at radius 3 is 2.00 bits per heavy atom. The van der Waals surface area contributed by atoms with Crippen LogP contribution in [0.2, 0.25) is 0 Å². The molecular weight excluding hydrogens is 238 g/mol. The molecule has 0 aromatic carbocycles. The van der Waals surface area contributed by atoms with Crippen LogP contribution in [-0.2, 0) is 13.6 Å². The quantitative estimate of drug-likeness (QED) is 0.467. The van der Waals surface area contributed by atoms with Gasteiger partial charge in [-0.15, -0.1) is 0 Å². The largest absolute Gasteiger partial charge is 0.531 e. The van der Waals surface area contributed by atoms with Crippen LogP contribution in [0.5, 0.6) is 0 Å². The minimum Gasteiger partial charge on any atom is -0.413 e. The molecule has 0 fully saturated rings. The number of phosphoric ester groups is 1. The van der Waals surface area contributed by atoms with Gasteiger partial charge in [0.2, 0.25) is 0 Å². The molecule has 0 aromatic heterocycles. The fourth-order valence-corrected chi connectivity index (χ4v) is 0.937. The maximum Gasteiger partial charge on any atom is 0.531 e. The van der Waals surface area contributed by atoms with Crippen LogP contribution in [0.4, 0.5) is 22.0 Å². The highest BCUT2D eigenvalue weighted by atomic mass is 31.2. The average molecular weight is 242 g/mol. The van der Waals surface area contributed by atoms with Crippen molar-refractivity contribution in [1.29, 1.82) is 0 Å². The predicted molar refractivity (Wildman–Crippen MR) is 33.2 cm³/mol. The van der Waals surface area contributed by atoms with Gasteiger partial charge in [0.05, 0.1) is 6.26 Å². The molecule has 0 aliphatic rings. The highest BCUT2D eigenvalue weighted by Gasteiger charge is 2.63. The summed E-state index contributed by atoms with van der Waals surface area (Å²) in [4.78, 5) is 8.27. The lowest BCUT2D eigenvalue weighted by Crippen LogP contribution is -2.38. The van der Waals surface area contributed by atoms with Crippen molar-refractivity contribution in [3.63, 3.8) is 0 Å². The molecule has 1 N–H and O–H groups in total. The molecule has 84 valence electrons. The van der Waals surface area contributed by atoms with E-state index in [1.165, 1.54) is 0 Å². The smallest absolute Gasteiger partial charge is 0.413 e. The van der Waals surface area contributed by atoms with Gasteiger partial charge in [-0.3, -0.25) is 4.89 Å². The van der Waals surface area contributed by atoms with Crippen LogP contribution in [0.3, 0.4) is 0 Å². The summed E-state index contributed by atoms with van der Waals surface area (Å²) in [6.45, 7) is 2.68. The molecule has 0 saturated heterocycles. The third-order valence-corrected chi connectivity index (χ3v) is 1.64. The van der Waals surface area contributed by atoms with E-state index >= 15 is 0 Å². The molecule has 0 aliphatic carbocycles. The van der Waals surface area contributed by atoms with E-state index in [0.29, 0.717) is 0 Å². The van der Waals surface area contributed by atoms with Gasteiger partial charge in [0, 0.05) is 0 Å². The van der Waals surface area contributed by atoms with Gasteiger partial charge in [0.25, 0.3) is 0 Å². The second-order valence-electron chi connectivity index (χ2n) is 1.85. The van der Waals surface area contributed by atoms with Gasteiger partial charge in [0.1, 0.15) is 0 Å². The summed E-state index contributed by atoms with van der Waals surface area (Å²) in [6, 6.07) is 0. The Morgan fingerprint density at radius 1 is 1.29 bits per heavy atom. The Balaban J connectivity index is 4.67. The summed E-state index contributed by atoms with van der Waals surface area (Å²) in [5.74, 6) is 0. The first-order chi connectivity index (χ1) is 6.02. The number of rotatable bonds is 4. The summed E-state index contributed by atoms with van der Waals surface area (Å²) in [5.41, 5.74) is 0. The Kier molecular flexibility index (Phi) is 3.65. The van der Waals surface area contributed by atoms with Crippen LogP contribution in [0, 0.1) is 0 Å². The van der Waals surface area contributed by atoms with Gasteiger partial charge in [-0.2, -0.15) is 22.0 Å². The average Bonchev–Trinajstić information content (AvgIpc) is 1.80. The first-order valence-corrected chi connectivity index (χ1v) is 4.29. The van der Waals surface area contributed by atoms with Crippen LogP contribution >= 0.6 is 7.82 Å². The lowest BCUT2D eigenvalue weighted by atomic mass is 10.6. The number of alkyl halides is 5. The molecule has 0 spiro atoms. The number of phosphoric acid groups is 1. The molecule has 0 bridgehead atoms. The van der Waals surface area contributed by atoms with Crippen molar-refractivity contribution in [2.24, 2.45) is 0 Å². The third kappa shape index (κ3) is 3.60. The molecule has 0 aliphatic heterocycles. The molecule has 14 heavy (non-hydrogen) atoms. The van der Waals surface area contributed by atoms with Crippen molar-refractivity contribution < 1.29 is 40.5 Å². The molecule has 1 unspecified atom stereocenters. The Hall–Kier alpha value is -0.660. The van der Waals surface area contributed by atoms with Gasteiger partial charge in [-0.1, -0.05) is 6.58 Å². The number of halogens is 5. The Bertz CT molecular complexity index is 261. The minimum absolute atomic E-state index is 0.202. The van der Waals surface area contributed by atoms with E-state index in [4.69, 9.17) is 4.89 Å². The maximum atomic E-state index is 12.0. The van der Waals surface area contributed by atoms with Crippen molar-refractivity contribution in [2.45, 2.75) is 12.3 Å². The van der Waals surface area contributed by atoms with Crippen LogP contribution in [0.1, 0.15) is 0 Å². The van der Waals surface area contributed by atoms with Crippen molar-refractivity contribution in [3.8, 4) is 0 Å². The summed E-state index contributed by atoms with van der Waals surface area (Å²) < 4.78 is 74.5. The first kappa shape index (κ1) is 13.3. The molecule has 0 saturated carbocycles. The van der Waals surface area contributed by atoms with Crippen molar-refractivity contribution in [2.75, 3.05) is 0 Å². The lowest BCUT2D eigenvalue weighted by Gasteiger charge is -2.20. The highest BCUT2D eigenvalue weighted by Crippen LogP contribution is 2.52. The molecule has 10 heteroatoms. The monoisotopic (exact) mass is 242 g/mol. The fraction of sp³-hybridized carbons (Fsp3) is 0.500. The second kappa shape index (κ2) is 3.84. The molecule has 0 rings (SSSR count). The Labute approximate surface area is 74.5 Å². The zero-order valence-corrected chi connectivity index (χ0v) is 7.19. The van der Waals surface area contributed by atoms with Gasteiger partial charge in [-0.05, 0) is 0 Å². The summed E-state index contributed by atoms with van der Waals surface area (Å²) in [5, 5.41) is 0. The van der Waals surface area contributed by atoms with Crippen LogP contribution in [0.15, 0.2) is 12.8 Å². The van der Waals surface area contributed by atoms with Crippen LogP contribution in [0.25, 0.3) is 0 Å². The zero-order valence-electron chi connectivity index (χ0n) is 6.29. The molecule has 4 nitrogen and oxygen atoms in total. The third-order valence-electron chi connectivity index (χ3n) is 0.768. The lowest BCUT2D eigenvalue weighted by molar-refractivity contribution is -0.364. The zero-order chi connectivity index (χ0) is 11.6. The summed E-state index contributed by atoms with van der Waals surface area (Å²) in [7, 11) is -5.50. The maximum absolute atomic E-state index is 12.0. The van der Waals surface area contributed by atoms with Gasteiger partial charge in [0.15, 0.2) is 0 Å². The standard InChI is InChI=1S/C4H4F5O4P/c1-2-12-14(10,11)13-4(8,9)3(5,6)7/h2H,1H2,(H,10,11). The van der Waals surface area contributed by atoms with E-state index in [0.717, 1.165) is 0 Å². The molecule has 0 radical (unpaired) electrons. The van der Waals surface area contributed by atoms with Gasteiger partial charge < -0.3 is 4.52 Å². The van der Waals surface area contributed by atoms with Crippen molar-refractivity contribution in [3.05, 3.63) is 12.8 Å². The highest BCUT2D eigenvalue weighted by molar-refractivity contribution is 7.47. The fourth-order valence-electron chi connectivity index (χ4n) is 0.312. The van der Waals surface area contributed by atoms with Gasteiger partial charge in [-0.25, -0.2) is 9.09 Å². The number of hydrogen-bond donors (Lipinski definition) is 1. The van der Waals surface area contributed by atoms with E-state index < -0.39 is 20.1 Å². The normalized spacial score (nSPS) is 17.3. The molecular formula is C4H4F5O4P. The van der Waals surface area contributed by atoms with E-state index in [1.807, 2.05) is 0 Å². The molecule has 0 amide bonds. The van der Waals surface area contributed by atoms with E-state index in [1.54, 1.807) is 0 Å². The first-order valence-electron chi connectivity index (χ1n) is 2.79. The van der Waals surface area contributed by atoms with E-state index in [2.05, 4.69) is 15.6 Å². The summed E-state index contributed by atoms with van der Waals surface area (Å²) in [6.07, 6.45) is -11.7. The van der Waals surface area contributed by atoms with E-state index in [9.17, 15) is 26.5 Å². The molecule has 0 heterocycles. The summed E-state index contributed by atoms with van der Waals surface area (Å²) >= 11 is 0. The second-order valence-corrected chi connectivity index (χ2v) is 3.18. The Morgan fingerprint density at radius 2 is 1.71 bits per heavy atom.